The number of aliphatic imine (C=N–C) groups is 1. The molecule has 200 valence electrons. The molecule has 0 aliphatic carbocycles. The van der Waals surface area contributed by atoms with Crippen molar-refractivity contribution in [1.29, 1.82) is 0 Å². The predicted octanol–water partition coefficient (Wildman–Crippen LogP) is -2.52. The molecule has 0 fully saturated rings. The molecule has 4 unspecified atom stereocenters. The fourth-order valence-electron chi connectivity index (χ4n) is 3.03. The number of carbonyl (C=O) groups is 5. The number of carboxylic acid groups (broad SMARTS) is 1. The summed E-state index contributed by atoms with van der Waals surface area (Å²) in [7, 11) is 0. The minimum atomic E-state index is -1.20. The average Bonchev–Trinajstić information content (AvgIpc) is 2.74. The molecule has 0 aliphatic rings. The number of primary amides is 1. The number of carboxylic acids is 1. The van der Waals surface area contributed by atoms with Crippen LogP contribution in [0, 0.1) is 11.8 Å². The van der Waals surface area contributed by atoms with E-state index < -0.39 is 59.7 Å². The minimum Gasteiger partial charge on any atom is -0.480 e. The van der Waals surface area contributed by atoms with Gasteiger partial charge in [-0.1, -0.05) is 27.7 Å². The molecule has 0 radical (unpaired) electrons. The van der Waals surface area contributed by atoms with E-state index in [9.17, 15) is 29.1 Å². The number of nitrogens with one attached hydrogen (secondary N) is 3. The Bertz CT molecular complexity index is 782. The fraction of sp³-hybridized carbons (Fsp3) is 0.714. The molecular formula is C21H40N8O6. The smallest absolute Gasteiger partial charge is 0.326 e. The van der Waals surface area contributed by atoms with Crippen LogP contribution < -0.4 is 38.9 Å². The summed E-state index contributed by atoms with van der Waals surface area (Å²) in [6.45, 7) is 6.85. The van der Waals surface area contributed by atoms with E-state index in [1.807, 2.05) is 0 Å². The highest BCUT2D eigenvalue weighted by Crippen LogP contribution is 2.08. The number of amides is 4. The van der Waals surface area contributed by atoms with Crippen molar-refractivity contribution in [3.05, 3.63) is 0 Å². The molecule has 0 saturated heterocycles. The number of nitrogens with zero attached hydrogens (tertiary/aromatic N) is 1. The van der Waals surface area contributed by atoms with Gasteiger partial charge in [-0.3, -0.25) is 24.2 Å². The highest BCUT2D eigenvalue weighted by atomic mass is 16.4. The van der Waals surface area contributed by atoms with Gasteiger partial charge in [-0.15, -0.1) is 0 Å². The molecule has 12 N–H and O–H groups in total. The second-order valence-electron chi connectivity index (χ2n) is 8.92. The number of hydrogen-bond donors (Lipinski definition) is 8. The Morgan fingerprint density at radius 3 is 1.80 bits per heavy atom. The second-order valence-corrected chi connectivity index (χ2v) is 8.92. The van der Waals surface area contributed by atoms with Gasteiger partial charge in [0.15, 0.2) is 5.96 Å². The second kappa shape index (κ2) is 15.5. The summed E-state index contributed by atoms with van der Waals surface area (Å²) < 4.78 is 0. The Morgan fingerprint density at radius 1 is 0.800 bits per heavy atom. The molecule has 35 heavy (non-hydrogen) atoms. The fourth-order valence-corrected chi connectivity index (χ4v) is 3.03. The van der Waals surface area contributed by atoms with Crippen molar-refractivity contribution < 1.29 is 29.1 Å². The Balaban J connectivity index is 5.52. The molecule has 4 atom stereocenters. The normalized spacial score (nSPS) is 14.4. The van der Waals surface area contributed by atoms with E-state index in [1.54, 1.807) is 27.7 Å². The number of nitrogens with two attached hydrogens (primary N) is 4. The van der Waals surface area contributed by atoms with Crippen LogP contribution in [0.1, 0.15) is 53.4 Å². The van der Waals surface area contributed by atoms with Gasteiger partial charge in [0, 0.05) is 13.0 Å². The molecule has 0 rings (SSSR count). The van der Waals surface area contributed by atoms with Crippen molar-refractivity contribution in [3.63, 3.8) is 0 Å². The molecule has 0 aromatic rings. The van der Waals surface area contributed by atoms with Crippen LogP contribution in [0.15, 0.2) is 4.99 Å². The first-order valence-corrected chi connectivity index (χ1v) is 11.4. The SMILES string of the molecule is CC(C)C(NC(=O)C(NC(=O)C(CCCN=C(N)N)NC(=O)C(N)CCC(N)=O)C(C)C)C(=O)O. The van der Waals surface area contributed by atoms with E-state index in [-0.39, 0.29) is 37.7 Å². The predicted molar refractivity (Wildman–Crippen MR) is 129 cm³/mol. The summed E-state index contributed by atoms with van der Waals surface area (Å²) in [5.74, 6) is -4.74. The van der Waals surface area contributed by atoms with Crippen LogP contribution >= 0.6 is 0 Å². The number of carbonyl (C=O) groups excluding carboxylic acids is 4. The molecule has 0 saturated carbocycles. The molecule has 0 aromatic carbocycles. The topological polar surface area (TPSA) is 258 Å². The lowest BCUT2D eigenvalue weighted by Crippen LogP contribution is -2.59. The van der Waals surface area contributed by atoms with Crippen LogP contribution in [-0.2, 0) is 24.0 Å². The van der Waals surface area contributed by atoms with E-state index in [1.165, 1.54) is 0 Å². The zero-order chi connectivity index (χ0) is 27.3. The first kappa shape index (κ1) is 31.6. The lowest BCUT2D eigenvalue weighted by atomic mass is 9.99. The Labute approximate surface area is 205 Å². The van der Waals surface area contributed by atoms with Crippen LogP contribution in [0.25, 0.3) is 0 Å². The first-order valence-electron chi connectivity index (χ1n) is 11.4. The molecule has 14 heteroatoms. The maximum Gasteiger partial charge on any atom is 0.326 e. The van der Waals surface area contributed by atoms with E-state index >= 15 is 0 Å². The van der Waals surface area contributed by atoms with Gasteiger partial charge in [0.25, 0.3) is 0 Å². The molecule has 14 nitrogen and oxygen atoms in total. The summed E-state index contributed by atoms with van der Waals surface area (Å²) in [5, 5.41) is 16.9. The van der Waals surface area contributed by atoms with Gasteiger partial charge in [-0.25, -0.2) is 4.79 Å². The number of hydrogen-bond acceptors (Lipinski definition) is 7. The zero-order valence-electron chi connectivity index (χ0n) is 20.7. The number of aliphatic carboxylic acids is 1. The summed E-state index contributed by atoms with van der Waals surface area (Å²) in [4.78, 5) is 64.6. The summed E-state index contributed by atoms with van der Waals surface area (Å²) in [6, 6.07) is -4.38. The van der Waals surface area contributed by atoms with E-state index in [2.05, 4.69) is 20.9 Å². The highest BCUT2D eigenvalue weighted by molar-refractivity contribution is 5.94. The quantitative estimate of drug-likeness (QED) is 0.0631. The monoisotopic (exact) mass is 500 g/mol. The molecule has 0 aromatic heterocycles. The van der Waals surface area contributed by atoms with Gasteiger partial charge in [-0.2, -0.15) is 0 Å². The van der Waals surface area contributed by atoms with E-state index in [0.29, 0.717) is 6.42 Å². The van der Waals surface area contributed by atoms with Gasteiger partial charge < -0.3 is 44.0 Å². The van der Waals surface area contributed by atoms with E-state index in [4.69, 9.17) is 22.9 Å². The first-order chi connectivity index (χ1) is 16.2. The third-order valence-electron chi connectivity index (χ3n) is 5.09. The molecule has 0 heterocycles. The third kappa shape index (κ3) is 12.6. The number of guanidine groups is 1. The van der Waals surface area contributed by atoms with Crippen LogP contribution in [0.4, 0.5) is 0 Å². The standard InChI is InChI=1S/C21H40N8O6/c1-10(2)15(19(33)29-16(11(3)4)20(34)35)28-18(32)13(6-5-9-26-21(24)25)27-17(31)12(22)7-8-14(23)30/h10-13,15-16H,5-9,22H2,1-4H3,(H2,23,30)(H,27,31)(H,28,32)(H,29,33)(H,34,35)(H4,24,25,26). The summed E-state index contributed by atoms with van der Waals surface area (Å²) in [6.07, 6.45) is 0.325. The molecule has 4 amide bonds. The average molecular weight is 501 g/mol. The van der Waals surface area contributed by atoms with Crippen LogP contribution in [0.2, 0.25) is 0 Å². The summed E-state index contributed by atoms with van der Waals surface area (Å²) in [5.41, 5.74) is 21.5. The number of rotatable bonds is 16. The van der Waals surface area contributed by atoms with Crippen molar-refractivity contribution in [1.82, 2.24) is 16.0 Å². The highest BCUT2D eigenvalue weighted by Gasteiger charge is 2.32. The minimum absolute atomic E-state index is 0.00763. The van der Waals surface area contributed by atoms with E-state index in [0.717, 1.165) is 0 Å². The van der Waals surface area contributed by atoms with Crippen LogP contribution in [-0.4, -0.2) is 71.4 Å². The molecular weight excluding hydrogens is 460 g/mol. The van der Waals surface area contributed by atoms with Gasteiger partial charge in [0.2, 0.25) is 23.6 Å². The molecule has 0 spiro atoms. The van der Waals surface area contributed by atoms with Crippen molar-refractivity contribution in [2.45, 2.75) is 77.5 Å². The maximum absolute atomic E-state index is 13.0. The van der Waals surface area contributed by atoms with Gasteiger partial charge in [0.1, 0.15) is 18.1 Å². The summed E-state index contributed by atoms with van der Waals surface area (Å²) >= 11 is 0. The largest absolute Gasteiger partial charge is 0.480 e. The lowest BCUT2D eigenvalue weighted by Gasteiger charge is -2.27. The Morgan fingerprint density at radius 2 is 1.34 bits per heavy atom. The Hall–Kier alpha value is -3.42. The Kier molecular flexibility index (Phi) is 14.0. The van der Waals surface area contributed by atoms with Gasteiger partial charge in [-0.05, 0) is 31.1 Å². The van der Waals surface area contributed by atoms with Crippen molar-refractivity contribution in [2.24, 2.45) is 39.8 Å². The van der Waals surface area contributed by atoms with Crippen LogP contribution in [0.5, 0.6) is 0 Å². The zero-order valence-corrected chi connectivity index (χ0v) is 20.7. The molecule has 0 bridgehead atoms. The van der Waals surface area contributed by atoms with Crippen molar-refractivity contribution >= 4 is 35.6 Å². The molecule has 0 aliphatic heterocycles. The lowest BCUT2D eigenvalue weighted by molar-refractivity contribution is -0.144. The van der Waals surface area contributed by atoms with Gasteiger partial charge in [0.05, 0.1) is 6.04 Å². The maximum atomic E-state index is 13.0. The van der Waals surface area contributed by atoms with Crippen LogP contribution in [0.3, 0.4) is 0 Å². The van der Waals surface area contributed by atoms with Gasteiger partial charge >= 0.3 is 5.97 Å². The van der Waals surface area contributed by atoms with Crippen molar-refractivity contribution in [3.8, 4) is 0 Å². The van der Waals surface area contributed by atoms with Crippen molar-refractivity contribution in [2.75, 3.05) is 6.54 Å². The third-order valence-corrected chi connectivity index (χ3v) is 5.09.